The summed E-state index contributed by atoms with van der Waals surface area (Å²) in [6, 6.07) is 10.0. The van der Waals surface area contributed by atoms with Gasteiger partial charge in [0.05, 0.1) is 17.6 Å². The minimum atomic E-state index is -0.453. The second kappa shape index (κ2) is 9.31. The maximum atomic E-state index is 13.7. The Morgan fingerprint density at radius 2 is 2.00 bits per heavy atom. The first kappa shape index (κ1) is 20.6. The van der Waals surface area contributed by atoms with E-state index in [1.165, 1.54) is 6.07 Å². The van der Waals surface area contributed by atoms with Gasteiger partial charge in [0.15, 0.2) is 0 Å². The van der Waals surface area contributed by atoms with Crippen molar-refractivity contribution in [2.75, 3.05) is 13.6 Å². The number of halogens is 1. The fourth-order valence-corrected chi connectivity index (χ4v) is 2.59. The molecule has 0 bridgehead atoms. The molecule has 0 atom stereocenters. The zero-order chi connectivity index (χ0) is 20.0. The van der Waals surface area contributed by atoms with Gasteiger partial charge >= 0.3 is 5.97 Å². The topological polar surface area (TPSA) is 41.9 Å². The molecule has 0 N–H and O–H groups in total. The quantitative estimate of drug-likeness (QED) is 0.381. The van der Waals surface area contributed by atoms with Crippen LogP contribution in [0, 0.1) is 12.7 Å². The van der Waals surface area contributed by atoms with Gasteiger partial charge in [-0.15, -0.1) is 0 Å². The largest absolute Gasteiger partial charge is 0.457 e. The summed E-state index contributed by atoms with van der Waals surface area (Å²) in [6.45, 7) is 8.76. The molecule has 144 valence electrons. The summed E-state index contributed by atoms with van der Waals surface area (Å²) < 4.78 is 19.1. The van der Waals surface area contributed by atoms with E-state index in [1.807, 2.05) is 45.7 Å². The summed E-state index contributed by atoms with van der Waals surface area (Å²) in [4.78, 5) is 19.1. The average molecular weight is 370 g/mol. The van der Waals surface area contributed by atoms with Gasteiger partial charge in [0.1, 0.15) is 12.4 Å². The predicted octanol–water partition coefficient (Wildman–Crippen LogP) is 5.23. The molecule has 0 aromatic heterocycles. The van der Waals surface area contributed by atoms with Gasteiger partial charge in [-0.2, -0.15) is 0 Å². The number of carbonyl (C=O) groups excluding carboxylic acids is 1. The van der Waals surface area contributed by atoms with Crippen molar-refractivity contribution < 1.29 is 13.9 Å². The van der Waals surface area contributed by atoms with Crippen LogP contribution in [0.3, 0.4) is 0 Å². The molecule has 0 radical (unpaired) electrons. The summed E-state index contributed by atoms with van der Waals surface area (Å²) in [5, 5.41) is 0. The Hall–Kier alpha value is -2.69. The molecule has 0 aliphatic carbocycles. The van der Waals surface area contributed by atoms with Crippen molar-refractivity contribution in [3.05, 3.63) is 64.5 Å². The lowest BCUT2D eigenvalue weighted by molar-refractivity contribution is 0.0467. The number of aryl methyl sites for hydroxylation is 1. The van der Waals surface area contributed by atoms with Gasteiger partial charge in [0.2, 0.25) is 0 Å². The van der Waals surface area contributed by atoms with Crippen molar-refractivity contribution in [1.29, 1.82) is 0 Å². The van der Waals surface area contributed by atoms with Crippen molar-refractivity contribution in [2.45, 2.75) is 40.2 Å². The Bertz CT molecular complexity index is 831. The third-order valence-electron chi connectivity index (χ3n) is 4.42. The van der Waals surface area contributed by atoms with E-state index in [9.17, 15) is 9.18 Å². The van der Waals surface area contributed by atoms with E-state index in [2.05, 4.69) is 4.99 Å². The summed E-state index contributed by atoms with van der Waals surface area (Å²) in [7, 11) is 1.95. The lowest BCUT2D eigenvalue weighted by Gasteiger charge is -2.16. The molecule has 0 fully saturated rings. The molecule has 0 spiro atoms. The second-order valence-corrected chi connectivity index (χ2v) is 6.87. The summed E-state index contributed by atoms with van der Waals surface area (Å²) >= 11 is 0. The van der Waals surface area contributed by atoms with Gasteiger partial charge in [-0.05, 0) is 49.1 Å². The SMILES string of the molecule is CCN(C)/C=N/c1cc(C(C)C)c(C(=O)OCc2ccccc2F)cc1C. The molecule has 2 aromatic carbocycles. The number of hydrogen-bond donors (Lipinski definition) is 0. The second-order valence-electron chi connectivity index (χ2n) is 6.87. The summed E-state index contributed by atoms with van der Waals surface area (Å²) in [5.41, 5.74) is 3.44. The molecule has 5 heteroatoms. The molecule has 0 aliphatic heterocycles. The Kier molecular flexibility index (Phi) is 7.11. The van der Waals surface area contributed by atoms with Gasteiger partial charge in [0.25, 0.3) is 0 Å². The zero-order valence-electron chi connectivity index (χ0n) is 16.6. The highest BCUT2D eigenvalue weighted by atomic mass is 19.1. The van der Waals surface area contributed by atoms with Crippen molar-refractivity contribution in [2.24, 2.45) is 4.99 Å². The van der Waals surface area contributed by atoms with Crippen molar-refractivity contribution in [3.63, 3.8) is 0 Å². The average Bonchev–Trinajstić information content (AvgIpc) is 2.65. The van der Waals surface area contributed by atoms with E-state index in [0.717, 1.165) is 23.4 Å². The predicted molar refractivity (Wildman–Crippen MR) is 107 cm³/mol. The van der Waals surface area contributed by atoms with Gasteiger partial charge in [0, 0.05) is 19.2 Å². The number of rotatable bonds is 7. The van der Waals surface area contributed by atoms with E-state index in [-0.39, 0.29) is 18.3 Å². The third kappa shape index (κ3) is 5.39. The monoisotopic (exact) mass is 370 g/mol. The Labute approximate surface area is 160 Å². The van der Waals surface area contributed by atoms with E-state index in [4.69, 9.17) is 4.74 Å². The van der Waals surface area contributed by atoms with Gasteiger partial charge in [-0.1, -0.05) is 32.0 Å². The molecule has 2 rings (SSSR count). The van der Waals surface area contributed by atoms with Crippen molar-refractivity contribution in [3.8, 4) is 0 Å². The van der Waals surface area contributed by atoms with E-state index in [1.54, 1.807) is 30.6 Å². The van der Waals surface area contributed by atoms with Crippen LogP contribution in [0.2, 0.25) is 0 Å². The lowest BCUT2D eigenvalue weighted by atomic mass is 9.94. The number of esters is 1. The van der Waals surface area contributed by atoms with Gasteiger partial charge in [-0.25, -0.2) is 14.2 Å². The van der Waals surface area contributed by atoms with Crippen LogP contribution >= 0.6 is 0 Å². The Morgan fingerprint density at radius 1 is 1.30 bits per heavy atom. The highest BCUT2D eigenvalue weighted by molar-refractivity contribution is 5.92. The minimum absolute atomic E-state index is 0.0940. The van der Waals surface area contributed by atoms with Crippen LogP contribution in [0.1, 0.15) is 53.7 Å². The van der Waals surface area contributed by atoms with E-state index < -0.39 is 5.97 Å². The first-order valence-corrected chi connectivity index (χ1v) is 9.13. The highest BCUT2D eigenvalue weighted by Crippen LogP contribution is 2.29. The van der Waals surface area contributed by atoms with Gasteiger partial charge < -0.3 is 9.64 Å². The van der Waals surface area contributed by atoms with Crippen LogP contribution in [0.4, 0.5) is 10.1 Å². The molecule has 0 amide bonds. The molecular formula is C22H27FN2O2. The lowest BCUT2D eigenvalue weighted by Crippen LogP contribution is -2.14. The van der Waals surface area contributed by atoms with Crippen LogP contribution < -0.4 is 0 Å². The molecule has 4 nitrogen and oxygen atoms in total. The third-order valence-corrected chi connectivity index (χ3v) is 4.42. The van der Waals surface area contributed by atoms with Crippen LogP contribution in [-0.4, -0.2) is 30.8 Å². The maximum Gasteiger partial charge on any atom is 0.338 e. The van der Waals surface area contributed by atoms with E-state index >= 15 is 0 Å². The standard InChI is InChI=1S/C22H27FN2O2/c1-6-25(5)14-24-21-12-18(15(2)3)19(11-16(21)4)22(26)27-13-17-9-7-8-10-20(17)23/h7-12,14-15H,6,13H2,1-5H3/b24-14+. The summed E-state index contributed by atoms with van der Waals surface area (Å²) in [6.07, 6.45) is 1.78. The Morgan fingerprint density at radius 3 is 2.63 bits per heavy atom. The molecule has 27 heavy (non-hydrogen) atoms. The molecule has 0 aliphatic rings. The number of aliphatic imine (C=N–C) groups is 1. The fraction of sp³-hybridized carbons (Fsp3) is 0.364. The normalized spacial score (nSPS) is 11.2. The van der Waals surface area contributed by atoms with Crippen molar-refractivity contribution >= 4 is 18.0 Å². The molecule has 0 heterocycles. The van der Waals surface area contributed by atoms with Crippen LogP contribution in [-0.2, 0) is 11.3 Å². The molecular weight excluding hydrogens is 343 g/mol. The molecule has 0 saturated carbocycles. The van der Waals surface area contributed by atoms with Crippen molar-refractivity contribution in [1.82, 2.24) is 4.90 Å². The highest BCUT2D eigenvalue weighted by Gasteiger charge is 2.18. The maximum absolute atomic E-state index is 13.7. The van der Waals surface area contributed by atoms with Crippen LogP contribution in [0.25, 0.3) is 0 Å². The van der Waals surface area contributed by atoms with Crippen LogP contribution in [0.5, 0.6) is 0 Å². The summed E-state index contributed by atoms with van der Waals surface area (Å²) in [5.74, 6) is -0.707. The minimum Gasteiger partial charge on any atom is -0.457 e. The van der Waals surface area contributed by atoms with Gasteiger partial charge in [-0.3, -0.25) is 0 Å². The molecule has 2 aromatic rings. The number of ether oxygens (including phenoxy) is 1. The number of carbonyl (C=O) groups is 1. The first-order valence-electron chi connectivity index (χ1n) is 9.13. The number of nitrogens with zero attached hydrogens (tertiary/aromatic N) is 2. The molecule has 0 saturated heterocycles. The molecule has 0 unspecified atom stereocenters. The fourth-order valence-electron chi connectivity index (χ4n) is 2.59. The zero-order valence-corrected chi connectivity index (χ0v) is 16.6. The smallest absolute Gasteiger partial charge is 0.338 e. The van der Waals surface area contributed by atoms with Crippen LogP contribution in [0.15, 0.2) is 41.4 Å². The first-order chi connectivity index (χ1) is 12.8. The van der Waals surface area contributed by atoms with E-state index in [0.29, 0.717) is 11.1 Å². The number of hydrogen-bond acceptors (Lipinski definition) is 3. The Balaban J connectivity index is 2.27. The number of benzene rings is 2.